The maximum Gasteiger partial charge on any atom is 0.401 e. The Hall–Kier alpha value is -0.720. The van der Waals surface area contributed by atoms with E-state index in [0.717, 1.165) is 0 Å². The summed E-state index contributed by atoms with van der Waals surface area (Å²) in [5.41, 5.74) is 0. The molecule has 0 aliphatic carbocycles. The van der Waals surface area contributed by atoms with Gasteiger partial charge in [0.15, 0.2) is 5.96 Å². The number of halogens is 6. The molecule has 2 heterocycles. The van der Waals surface area contributed by atoms with Crippen LogP contribution in [0, 0.1) is 0 Å². The zero-order valence-electron chi connectivity index (χ0n) is 14.6. The minimum atomic E-state index is -4.17. The predicted octanol–water partition coefficient (Wildman–Crippen LogP) is 3.22. The van der Waals surface area contributed by atoms with Gasteiger partial charge >= 0.3 is 6.18 Å². The SMILES string of the molecule is CN=C(NCCNc1ncc(Cl)cc1Cl)NC1CCN(CC(F)(F)F)C1.I. The monoisotopic (exact) mass is 540 g/mol. The standard InChI is InChI=1S/C15H21Cl2F3N6.HI/c1-21-14(25-11-2-5-26(8-11)9-15(18,19)20)23-4-3-22-13-12(17)6-10(16)7-24-13;/h6-7,11H,2-5,8-9H2,1H3,(H,22,24)(H2,21,23,25);1H. The smallest absolute Gasteiger partial charge is 0.367 e. The fraction of sp³-hybridized carbons (Fsp3) is 0.600. The van der Waals surface area contributed by atoms with Crippen molar-refractivity contribution < 1.29 is 13.2 Å². The number of likely N-dealkylation sites (tertiary alicyclic amines) is 1. The Bertz CT molecular complexity index is 632. The topological polar surface area (TPSA) is 64.6 Å². The molecule has 1 aromatic rings. The van der Waals surface area contributed by atoms with Crippen molar-refractivity contribution in [2.24, 2.45) is 4.99 Å². The molecule has 0 amide bonds. The Morgan fingerprint density at radius 2 is 2.11 bits per heavy atom. The molecule has 154 valence electrons. The van der Waals surface area contributed by atoms with Crippen LogP contribution in [0.15, 0.2) is 17.3 Å². The average molecular weight is 541 g/mol. The Morgan fingerprint density at radius 1 is 1.37 bits per heavy atom. The summed E-state index contributed by atoms with van der Waals surface area (Å²) < 4.78 is 37.3. The van der Waals surface area contributed by atoms with E-state index in [9.17, 15) is 13.2 Å². The normalized spacial score (nSPS) is 18.1. The van der Waals surface area contributed by atoms with Crippen LogP contribution in [-0.4, -0.2) is 67.8 Å². The van der Waals surface area contributed by atoms with Gasteiger partial charge < -0.3 is 16.0 Å². The number of aliphatic imine (C=N–C) groups is 1. The number of nitrogens with zero attached hydrogens (tertiary/aromatic N) is 3. The number of anilines is 1. The Kier molecular flexibility index (Phi) is 10.2. The van der Waals surface area contributed by atoms with Gasteiger partial charge in [-0.1, -0.05) is 23.2 Å². The lowest BCUT2D eigenvalue weighted by Crippen LogP contribution is -2.46. The van der Waals surface area contributed by atoms with Crippen molar-refractivity contribution in [2.75, 3.05) is 45.1 Å². The van der Waals surface area contributed by atoms with Gasteiger partial charge in [-0.25, -0.2) is 4.98 Å². The van der Waals surface area contributed by atoms with Crippen LogP contribution in [-0.2, 0) is 0 Å². The molecule has 1 atom stereocenters. The van der Waals surface area contributed by atoms with Gasteiger partial charge in [0.1, 0.15) is 5.82 Å². The molecule has 0 aromatic carbocycles. The predicted molar refractivity (Wildman–Crippen MR) is 114 cm³/mol. The second-order valence-electron chi connectivity index (χ2n) is 5.89. The number of guanidine groups is 1. The summed E-state index contributed by atoms with van der Waals surface area (Å²) >= 11 is 11.8. The number of hydrogen-bond donors (Lipinski definition) is 3. The minimum absolute atomic E-state index is 0. The third-order valence-corrected chi connectivity index (χ3v) is 4.25. The highest BCUT2D eigenvalue weighted by molar-refractivity contribution is 14.0. The number of pyridine rings is 1. The molecule has 1 unspecified atom stereocenters. The van der Waals surface area contributed by atoms with E-state index in [2.05, 4.69) is 25.9 Å². The molecule has 2 rings (SSSR count). The molecule has 0 bridgehead atoms. The largest absolute Gasteiger partial charge is 0.401 e. The number of alkyl halides is 3. The number of aromatic nitrogens is 1. The van der Waals surface area contributed by atoms with Crippen molar-refractivity contribution in [1.29, 1.82) is 0 Å². The van der Waals surface area contributed by atoms with Crippen LogP contribution in [0.25, 0.3) is 0 Å². The summed E-state index contributed by atoms with van der Waals surface area (Å²) in [7, 11) is 1.61. The zero-order chi connectivity index (χ0) is 19.2. The minimum Gasteiger partial charge on any atom is -0.367 e. The van der Waals surface area contributed by atoms with Crippen molar-refractivity contribution in [3.8, 4) is 0 Å². The first kappa shape index (κ1) is 24.3. The first-order valence-electron chi connectivity index (χ1n) is 8.08. The van der Waals surface area contributed by atoms with E-state index in [4.69, 9.17) is 23.2 Å². The van der Waals surface area contributed by atoms with Crippen LogP contribution in [0.4, 0.5) is 19.0 Å². The van der Waals surface area contributed by atoms with Crippen LogP contribution in [0.3, 0.4) is 0 Å². The summed E-state index contributed by atoms with van der Waals surface area (Å²) in [5.74, 6) is 1.07. The van der Waals surface area contributed by atoms with E-state index in [0.29, 0.717) is 54.4 Å². The van der Waals surface area contributed by atoms with Gasteiger partial charge in [-0.3, -0.25) is 9.89 Å². The van der Waals surface area contributed by atoms with Gasteiger partial charge in [-0.2, -0.15) is 13.2 Å². The number of nitrogens with one attached hydrogen (secondary N) is 3. The fourth-order valence-corrected chi connectivity index (χ4v) is 3.09. The highest BCUT2D eigenvalue weighted by Crippen LogP contribution is 2.22. The van der Waals surface area contributed by atoms with E-state index >= 15 is 0 Å². The Labute approximate surface area is 183 Å². The second kappa shape index (κ2) is 11.3. The van der Waals surface area contributed by atoms with Gasteiger partial charge in [0.2, 0.25) is 0 Å². The first-order chi connectivity index (χ1) is 12.3. The lowest BCUT2D eigenvalue weighted by molar-refractivity contribution is -0.143. The summed E-state index contributed by atoms with van der Waals surface area (Å²) in [4.78, 5) is 9.57. The highest BCUT2D eigenvalue weighted by Gasteiger charge is 2.34. The molecule has 1 aliphatic rings. The van der Waals surface area contributed by atoms with E-state index in [1.54, 1.807) is 13.1 Å². The maximum atomic E-state index is 12.4. The summed E-state index contributed by atoms with van der Waals surface area (Å²) in [6.07, 6.45) is -2.03. The molecule has 1 aliphatic heterocycles. The molecular formula is C15H22Cl2F3IN6. The highest BCUT2D eigenvalue weighted by atomic mass is 127. The van der Waals surface area contributed by atoms with Crippen molar-refractivity contribution in [1.82, 2.24) is 20.5 Å². The van der Waals surface area contributed by atoms with E-state index in [-0.39, 0.29) is 30.0 Å². The molecule has 0 spiro atoms. The van der Waals surface area contributed by atoms with Crippen LogP contribution < -0.4 is 16.0 Å². The average Bonchev–Trinajstić information content (AvgIpc) is 2.97. The molecule has 0 saturated carbocycles. The van der Waals surface area contributed by atoms with Crippen LogP contribution in [0.5, 0.6) is 0 Å². The lowest BCUT2D eigenvalue weighted by Gasteiger charge is -2.20. The number of hydrogen-bond acceptors (Lipinski definition) is 4. The van der Waals surface area contributed by atoms with E-state index < -0.39 is 12.7 Å². The van der Waals surface area contributed by atoms with E-state index in [1.807, 2.05) is 0 Å². The summed E-state index contributed by atoms with van der Waals surface area (Å²) in [6.45, 7) is 0.925. The summed E-state index contributed by atoms with van der Waals surface area (Å²) in [5, 5.41) is 10.2. The Morgan fingerprint density at radius 3 is 2.74 bits per heavy atom. The molecule has 1 saturated heterocycles. The third kappa shape index (κ3) is 8.88. The third-order valence-electron chi connectivity index (χ3n) is 3.76. The molecule has 12 heteroatoms. The van der Waals surface area contributed by atoms with Crippen LogP contribution >= 0.6 is 47.2 Å². The van der Waals surface area contributed by atoms with Gasteiger partial charge in [0.05, 0.1) is 16.6 Å². The number of rotatable bonds is 6. The van der Waals surface area contributed by atoms with Crippen LogP contribution in [0.2, 0.25) is 10.0 Å². The molecule has 6 nitrogen and oxygen atoms in total. The molecule has 0 radical (unpaired) electrons. The second-order valence-corrected chi connectivity index (χ2v) is 6.73. The van der Waals surface area contributed by atoms with Gasteiger partial charge in [-0.15, -0.1) is 24.0 Å². The Balaban J connectivity index is 0.00000364. The van der Waals surface area contributed by atoms with E-state index in [1.165, 1.54) is 11.1 Å². The first-order valence-corrected chi connectivity index (χ1v) is 8.83. The zero-order valence-corrected chi connectivity index (χ0v) is 18.5. The molecule has 27 heavy (non-hydrogen) atoms. The molecule has 1 aromatic heterocycles. The van der Waals surface area contributed by atoms with Crippen molar-refractivity contribution in [2.45, 2.75) is 18.6 Å². The maximum absolute atomic E-state index is 12.4. The van der Waals surface area contributed by atoms with Gasteiger partial charge in [0.25, 0.3) is 0 Å². The molecular weight excluding hydrogens is 519 g/mol. The molecule has 3 N–H and O–H groups in total. The molecule has 1 fully saturated rings. The van der Waals surface area contributed by atoms with Crippen molar-refractivity contribution in [3.05, 3.63) is 22.3 Å². The van der Waals surface area contributed by atoms with Gasteiger partial charge in [0, 0.05) is 45.5 Å². The van der Waals surface area contributed by atoms with Gasteiger partial charge in [-0.05, 0) is 12.5 Å². The summed E-state index contributed by atoms with van der Waals surface area (Å²) in [6, 6.07) is 1.53. The quantitative estimate of drug-likeness (QED) is 0.224. The lowest BCUT2D eigenvalue weighted by atomic mass is 10.3. The van der Waals surface area contributed by atoms with Crippen molar-refractivity contribution >= 4 is 59.0 Å². The van der Waals surface area contributed by atoms with Crippen molar-refractivity contribution in [3.63, 3.8) is 0 Å². The van der Waals surface area contributed by atoms with Crippen LogP contribution in [0.1, 0.15) is 6.42 Å². The fourth-order valence-electron chi connectivity index (χ4n) is 2.64.